The molecule has 1 atom stereocenters. The van der Waals surface area contributed by atoms with Crippen LogP contribution in [-0.2, 0) is 12.8 Å². The highest BCUT2D eigenvalue weighted by molar-refractivity contribution is 5.84. The molecule has 1 heterocycles. The van der Waals surface area contributed by atoms with Crippen LogP contribution in [0.1, 0.15) is 42.0 Å². The maximum absolute atomic E-state index is 9.44. The first-order chi connectivity index (χ1) is 18.3. The Morgan fingerprint density at radius 1 is 0.838 bits per heavy atom. The Balaban J connectivity index is 1.19. The molecule has 37 heavy (non-hydrogen) atoms. The van der Waals surface area contributed by atoms with Crippen LogP contribution in [0.15, 0.2) is 84.9 Å². The van der Waals surface area contributed by atoms with Gasteiger partial charge in [0.25, 0.3) is 0 Å². The number of aliphatic hydroxyl groups is 1. The molecule has 1 unspecified atom stereocenters. The minimum atomic E-state index is 0.0408. The lowest BCUT2D eigenvalue weighted by Gasteiger charge is -2.20. The molecule has 0 bridgehead atoms. The van der Waals surface area contributed by atoms with E-state index in [4.69, 9.17) is 14.2 Å². The quantitative estimate of drug-likeness (QED) is 0.215. The van der Waals surface area contributed by atoms with Crippen LogP contribution in [0.4, 0.5) is 0 Å². The van der Waals surface area contributed by atoms with E-state index in [1.54, 1.807) is 0 Å². The second kappa shape index (κ2) is 12.6. The molecule has 1 aliphatic heterocycles. The van der Waals surface area contributed by atoms with Crippen molar-refractivity contribution in [2.45, 2.75) is 38.1 Å². The number of benzene rings is 4. The molecule has 0 fully saturated rings. The summed E-state index contributed by atoms with van der Waals surface area (Å²) in [4.78, 5) is 0. The lowest BCUT2D eigenvalue weighted by Crippen LogP contribution is -2.26. The highest BCUT2D eigenvalue weighted by Gasteiger charge is 2.21. The predicted molar refractivity (Wildman–Crippen MR) is 148 cm³/mol. The first kappa shape index (κ1) is 25.1. The van der Waals surface area contributed by atoms with E-state index in [0.717, 1.165) is 60.5 Å². The van der Waals surface area contributed by atoms with Gasteiger partial charge in [-0.25, -0.2) is 0 Å². The average molecular weight is 498 g/mol. The van der Waals surface area contributed by atoms with Crippen LogP contribution in [0.25, 0.3) is 10.8 Å². The van der Waals surface area contributed by atoms with Gasteiger partial charge in [-0.2, -0.15) is 0 Å². The summed E-state index contributed by atoms with van der Waals surface area (Å²) in [5, 5.41) is 15.2. The van der Waals surface area contributed by atoms with Crippen LogP contribution in [0.5, 0.6) is 17.2 Å². The SMILES string of the molecule is OCCNC(Cc1cccc2c1OCO2)c1ccc2cc(OCCCCCc3ccccc3)ccc2c1. The maximum atomic E-state index is 9.44. The summed E-state index contributed by atoms with van der Waals surface area (Å²) in [5.41, 5.74) is 3.67. The maximum Gasteiger partial charge on any atom is 0.231 e. The Hall–Kier alpha value is -3.54. The molecular formula is C32H35NO4. The number of aryl methyl sites for hydroxylation is 1. The first-order valence-electron chi connectivity index (χ1n) is 13.2. The van der Waals surface area contributed by atoms with Crippen molar-refractivity contribution in [3.63, 3.8) is 0 Å². The molecule has 0 aromatic heterocycles. The van der Waals surface area contributed by atoms with Crippen molar-refractivity contribution in [3.8, 4) is 17.2 Å². The Kier molecular flexibility index (Phi) is 8.57. The minimum Gasteiger partial charge on any atom is -0.494 e. The lowest BCUT2D eigenvalue weighted by molar-refractivity contribution is 0.173. The fourth-order valence-corrected chi connectivity index (χ4v) is 4.91. The van der Waals surface area contributed by atoms with Gasteiger partial charge >= 0.3 is 0 Å². The van der Waals surface area contributed by atoms with E-state index >= 15 is 0 Å². The molecule has 0 spiro atoms. The van der Waals surface area contributed by atoms with E-state index in [1.807, 2.05) is 12.1 Å². The summed E-state index contributed by atoms with van der Waals surface area (Å²) >= 11 is 0. The van der Waals surface area contributed by atoms with Gasteiger partial charge in [-0.1, -0.05) is 60.7 Å². The molecule has 2 N–H and O–H groups in total. The first-order valence-corrected chi connectivity index (χ1v) is 13.2. The molecule has 5 rings (SSSR count). The van der Waals surface area contributed by atoms with Crippen LogP contribution in [0.2, 0.25) is 0 Å². The van der Waals surface area contributed by atoms with Gasteiger partial charge < -0.3 is 24.6 Å². The molecule has 192 valence electrons. The van der Waals surface area contributed by atoms with Crippen molar-refractivity contribution in [3.05, 3.63) is 102 Å². The predicted octanol–water partition coefficient (Wildman–Crippen LogP) is 6.23. The van der Waals surface area contributed by atoms with E-state index < -0.39 is 0 Å². The zero-order chi connectivity index (χ0) is 25.3. The van der Waals surface area contributed by atoms with Crippen LogP contribution in [0, 0.1) is 0 Å². The van der Waals surface area contributed by atoms with Crippen molar-refractivity contribution in [2.75, 3.05) is 26.6 Å². The normalized spacial score (nSPS) is 13.1. The number of hydrogen-bond acceptors (Lipinski definition) is 5. The third-order valence-electron chi connectivity index (χ3n) is 6.86. The zero-order valence-corrected chi connectivity index (χ0v) is 21.2. The summed E-state index contributed by atoms with van der Waals surface area (Å²) in [5.74, 6) is 2.52. The van der Waals surface area contributed by atoms with Gasteiger partial charge in [0, 0.05) is 18.2 Å². The molecule has 1 aliphatic rings. The molecule has 0 saturated carbocycles. The van der Waals surface area contributed by atoms with Crippen LogP contribution < -0.4 is 19.5 Å². The molecule has 0 radical (unpaired) electrons. The Labute approximate surface area is 219 Å². The standard InChI is InChI=1S/C32H35NO4/c34-18-17-33-30(22-28-11-7-12-31-32(28)37-23-36-31)27-14-13-26-21-29(16-15-25(26)20-27)35-19-6-2-5-10-24-8-3-1-4-9-24/h1,3-4,7-9,11-16,20-21,30,33-34H,2,5-6,10,17-19,22-23H2. The zero-order valence-electron chi connectivity index (χ0n) is 21.2. The molecule has 5 heteroatoms. The molecule has 4 aromatic carbocycles. The summed E-state index contributed by atoms with van der Waals surface area (Å²) in [6.07, 6.45) is 5.27. The van der Waals surface area contributed by atoms with E-state index in [-0.39, 0.29) is 19.4 Å². The van der Waals surface area contributed by atoms with Crippen LogP contribution in [0.3, 0.4) is 0 Å². The number of ether oxygens (including phenoxy) is 3. The van der Waals surface area contributed by atoms with E-state index in [1.165, 1.54) is 22.9 Å². The van der Waals surface area contributed by atoms with Crippen molar-refractivity contribution >= 4 is 10.8 Å². The molecule has 5 nitrogen and oxygen atoms in total. The number of aliphatic hydroxyl groups excluding tert-OH is 1. The molecule has 0 aliphatic carbocycles. The van der Waals surface area contributed by atoms with Crippen molar-refractivity contribution in [1.82, 2.24) is 5.32 Å². The Morgan fingerprint density at radius 3 is 2.59 bits per heavy atom. The lowest BCUT2D eigenvalue weighted by atomic mass is 9.95. The molecule has 4 aromatic rings. The number of rotatable bonds is 13. The van der Waals surface area contributed by atoms with Gasteiger partial charge in [0.1, 0.15) is 5.75 Å². The summed E-state index contributed by atoms with van der Waals surface area (Å²) in [6.45, 7) is 1.60. The third-order valence-corrected chi connectivity index (χ3v) is 6.86. The Bertz CT molecular complexity index is 1290. The molecular weight excluding hydrogens is 462 g/mol. The van der Waals surface area contributed by atoms with E-state index in [9.17, 15) is 5.11 Å². The largest absolute Gasteiger partial charge is 0.494 e. The van der Waals surface area contributed by atoms with E-state index in [0.29, 0.717) is 6.54 Å². The number of fused-ring (bicyclic) bond motifs is 2. The fraction of sp³-hybridized carbons (Fsp3) is 0.312. The number of para-hydroxylation sites is 1. The number of nitrogens with one attached hydrogen (secondary N) is 1. The van der Waals surface area contributed by atoms with Crippen LogP contribution in [-0.4, -0.2) is 31.7 Å². The van der Waals surface area contributed by atoms with Gasteiger partial charge in [-0.15, -0.1) is 0 Å². The summed E-state index contributed by atoms with van der Waals surface area (Å²) in [6, 6.07) is 29.5. The van der Waals surface area contributed by atoms with Crippen molar-refractivity contribution in [2.24, 2.45) is 0 Å². The number of unbranched alkanes of at least 4 members (excludes halogenated alkanes) is 2. The van der Waals surface area contributed by atoms with Crippen molar-refractivity contribution in [1.29, 1.82) is 0 Å². The van der Waals surface area contributed by atoms with Crippen molar-refractivity contribution < 1.29 is 19.3 Å². The average Bonchev–Trinajstić information content (AvgIpc) is 3.43. The van der Waals surface area contributed by atoms with Gasteiger partial charge in [0.15, 0.2) is 11.5 Å². The Morgan fingerprint density at radius 2 is 1.70 bits per heavy atom. The van der Waals surface area contributed by atoms with Gasteiger partial charge in [-0.3, -0.25) is 0 Å². The number of hydrogen-bond donors (Lipinski definition) is 2. The topological polar surface area (TPSA) is 60.0 Å². The summed E-state index contributed by atoms with van der Waals surface area (Å²) in [7, 11) is 0. The molecule has 0 amide bonds. The van der Waals surface area contributed by atoms with E-state index in [2.05, 4.69) is 78.1 Å². The van der Waals surface area contributed by atoms with Gasteiger partial charge in [0.2, 0.25) is 6.79 Å². The van der Waals surface area contributed by atoms with Gasteiger partial charge in [-0.05, 0) is 78.3 Å². The second-order valence-corrected chi connectivity index (χ2v) is 9.50. The third kappa shape index (κ3) is 6.62. The summed E-state index contributed by atoms with van der Waals surface area (Å²) < 4.78 is 17.3. The second-order valence-electron chi connectivity index (χ2n) is 9.50. The minimum absolute atomic E-state index is 0.0408. The molecule has 0 saturated heterocycles. The highest BCUT2D eigenvalue weighted by atomic mass is 16.7. The monoisotopic (exact) mass is 497 g/mol. The fourth-order valence-electron chi connectivity index (χ4n) is 4.91. The smallest absolute Gasteiger partial charge is 0.231 e. The van der Waals surface area contributed by atoms with Gasteiger partial charge in [0.05, 0.1) is 13.2 Å². The highest BCUT2D eigenvalue weighted by Crippen LogP contribution is 2.37. The van der Waals surface area contributed by atoms with Crippen LogP contribution >= 0.6 is 0 Å².